The molecule has 2 heteroatoms. The van der Waals surface area contributed by atoms with Crippen LogP contribution in [-0.2, 0) is 0 Å². The highest BCUT2D eigenvalue weighted by atomic mass is 16.2. The molecule has 1 aromatic rings. The molecule has 106 valence electrons. The van der Waals surface area contributed by atoms with Gasteiger partial charge in [-0.15, -0.1) is 0 Å². The first-order chi connectivity index (χ1) is 9.65. The molecule has 0 radical (unpaired) electrons. The van der Waals surface area contributed by atoms with E-state index in [9.17, 15) is 4.79 Å². The van der Waals surface area contributed by atoms with Crippen molar-refractivity contribution in [1.82, 2.24) is 4.90 Å². The van der Waals surface area contributed by atoms with Crippen LogP contribution in [0.4, 0.5) is 0 Å². The Morgan fingerprint density at radius 3 is 2.55 bits per heavy atom. The van der Waals surface area contributed by atoms with Crippen LogP contribution in [0.3, 0.4) is 0 Å². The number of allylic oxidation sites excluding steroid dienone is 1. The lowest BCUT2D eigenvalue weighted by atomic mass is 9.80. The van der Waals surface area contributed by atoms with Crippen LogP contribution in [-0.4, -0.2) is 16.8 Å². The van der Waals surface area contributed by atoms with Crippen LogP contribution in [0.1, 0.15) is 53.6 Å². The van der Waals surface area contributed by atoms with E-state index in [4.69, 9.17) is 0 Å². The maximum absolute atomic E-state index is 12.8. The summed E-state index contributed by atoms with van der Waals surface area (Å²) in [5.74, 6) is 0.841. The van der Waals surface area contributed by atoms with Gasteiger partial charge in [0.15, 0.2) is 0 Å². The molecule has 1 saturated carbocycles. The predicted molar refractivity (Wildman–Crippen MR) is 81.6 cm³/mol. The fourth-order valence-electron chi connectivity index (χ4n) is 3.75. The molecule has 1 aromatic carbocycles. The van der Waals surface area contributed by atoms with E-state index < -0.39 is 0 Å². The van der Waals surface area contributed by atoms with E-state index in [0.717, 1.165) is 29.5 Å². The van der Waals surface area contributed by atoms with Gasteiger partial charge in [0.25, 0.3) is 5.91 Å². The van der Waals surface area contributed by atoms with Gasteiger partial charge < -0.3 is 4.90 Å². The van der Waals surface area contributed by atoms with Crippen molar-refractivity contribution in [1.29, 1.82) is 0 Å². The molecule has 0 aromatic heterocycles. The molecule has 0 unspecified atom stereocenters. The zero-order valence-corrected chi connectivity index (χ0v) is 12.4. The lowest BCUT2D eigenvalue weighted by Gasteiger charge is -2.40. The topological polar surface area (TPSA) is 20.3 Å². The molecule has 2 atom stereocenters. The Balaban J connectivity index is 1.88. The first-order valence-electron chi connectivity index (χ1n) is 7.73. The third-order valence-corrected chi connectivity index (χ3v) is 4.63. The summed E-state index contributed by atoms with van der Waals surface area (Å²) in [4.78, 5) is 14.8. The fraction of sp³-hybridized carbons (Fsp3) is 0.500. The summed E-state index contributed by atoms with van der Waals surface area (Å²) in [5.41, 5.74) is 3.16. The summed E-state index contributed by atoms with van der Waals surface area (Å²) in [7, 11) is 0. The van der Waals surface area contributed by atoms with Crippen molar-refractivity contribution in [3.8, 4) is 0 Å². The molecule has 0 bridgehead atoms. The zero-order valence-electron chi connectivity index (χ0n) is 12.4. The summed E-state index contributed by atoms with van der Waals surface area (Å²) in [5, 5.41) is 0. The number of hydrogen-bond donors (Lipinski definition) is 0. The summed E-state index contributed by atoms with van der Waals surface area (Å²) in [6, 6.07) is 6.55. The van der Waals surface area contributed by atoms with Gasteiger partial charge in [-0.25, -0.2) is 0 Å². The summed E-state index contributed by atoms with van der Waals surface area (Å²) in [6.45, 7) is 4.11. The molecule has 2 aliphatic rings. The Labute approximate surface area is 121 Å². The molecule has 0 N–H and O–H groups in total. The van der Waals surface area contributed by atoms with Crippen LogP contribution in [0, 0.1) is 19.8 Å². The van der Waals surface area contributed by atoms with Gasteiger partial charge in [-0.2, -0.15) is 0 Å². The van der Waals surface area contributed by atoms with Crippen LogP contribution in [0.15, 0.2) is 30.5 Å². The average molecular weight is 269 g/mol. The summed E-state index contributed by atoms with van der Waals surface area (Å²) >= 11 is 0. The van der Waals surface area contributed by atoms with Gasteiger partial charge in [-0.3, -0.25) is 4.79 Å². The Morgan fingerprint density at radius 1 is 1.10 bits per heavy atom. The molecule has 1 heterocycles. The highest BCUT2D eigenvalue weighted by molar-refractivity contribution is 5.95. The van der Waals surface area contributed by atoms with Crippen LogP contribution in [0.5, 0.6) is 0 Å². The molecule has 0 saturated heterocycles. The van der Waals surface area contributed by atoms with E-state index in [1.54, 1.807) is 0 Å². The van der Waals surface area contributed by atoms with Crippen LogP contribution >= 0.6 is 0 Å². The van der Waals surface area contributed by atoms with Crippen molar-refractivity contribution in [2.24, 2.45) is 5.92 Å². The van der Waals surface area contributed by atoms with Crippen LogP contribution < -0.4 is 0 Å². The molecule has 1 aliphatic heterocycles. The van der Waals surface area contributed by atoms with E-state index in [2.05, 4.69) is 26.0 Å². The largest absolute Gasteiger partial charge is 0.312 e. The predicted octanol–water partition coefficient (Wildman–Crippen LogP) is 4.22. The van der Waals surface area contributed by atoms with Gasteiger partial charge in [-0.1, -0.05) is 36.1 Å². The van der Waals surface area contributed by atoms with Crippen molar-refractivity contribution in [3.63, 3.8) is 0 Å². The molecule has 1 amide bonds. The van der Waals surface area contributed by atoms with Gasteiger partial charge in [0.1, 0.15) is 0 Å². The number of rotatable bonds is 1. The van der Waals surface area contributed by atoms with Crippen molar-refractivity contribution in [2.75, 3.05) is 0 Å². The van der Waals surface area contributed by atoms with Gasteiger partial charge in [0, 0.05) is 17.8 Å². The molecule has 0 spiro atoms. The quantitative estimate of drug-likeness (QED) is 0.747. The van der Waals surface area contributed by atoms with Crippen molar-refractivity contribution < 1.29 is 4.79 Å². The Hall–Kier alpha value is -1.57. The third kappa shape index (κ3) is 2.52. The lowest BCUT2D eigenvalue weighted by molar-refractivity contribution is 0.0642. The number of aryl methyl sites for hydroxylation is 2. The Bertz CT molecular complexity index is 526. The second-order valence-electron chi connectivity index (χ2n) is 6.32. The molecular weight excluding hydrogens is 246 g/mol. The monoisotopic (exact) mass is 269 g/mol. The van der Waals surface area contributed by atoms with Crippen LogP contribution in [0.2, 0.25) is 0 Å². The SMILES string of the molecule is Cc1cc(C)cc(C(=O)N2C=CC[C@H]3CCCC[C@@H]32)c1. The number of nitrogens with zero attached hydrogens (tertiary/aromatic N) is 1. The Morgan fingerprint density at radius 2 is 1.80 bits per heavy atom. The lowest BCUT2D eigenvalue weighted by Crippen LogP contribution is -2.44. The standard InChI is InChI=1S/C18H23NO/c1-13-10-14(2)12-16(11-13)18(20)19-9-5-7-15-6-3-4-8-17(15)19/h5,9-12,15,17H,3-4,6-8H2,1-2H3/t15-,17+/m1/s1. The molecule has 3 rings (SSSR count). The normalized spacial score (nSPS) is 25.4. The van der Waals surface area contributed by atoms with Crippen molar-refractivity contribution in [2.45, 2.75) is 52.0 Å². The van der Waals surface area contributed by atoms with E-state index in [1.165, 1.54) is 19.3 Å². The number of carbonyl (C=O) groups excluding carboxylic acids is 1. The van der Waals surface area contributed by atoms with Crippen molar-refractivity contribution in [3.05, 3.63) is 47.2 Å². The second kappa shape index (κ2) is 5.43. The first-order valence-corrected chi connectivity index (χ1v) is 7.73. The minimum absolute atomic E-state index is 0.171. The zero-order chi connectivity index (χ0) is 14.1. The minimum atomic E-state index is 0.171. The number of benzene rings is 1. The third-order valence-electron chi connectivity index (χ3n) is 4.63. The van der Waals surface area contributed by atoms with Crippen molar-refractivity contribution >= 4 is 5.91 Å². The highest BCUT2D eigenvalue weighted by Gasteiger charge is 2.33. The molecule has 1 aliphatic carbocycles. The summed E-state index contributed by atoms with van der Waals surface area (Å²) in [6.07, 6.45) is 10.3. The molecule has 2 nitrogen and oxygen atoms in total. The van der Waals surface area contributed by atoms with Gasteiger partial charge in [0.2, 0.25) is 0 Å². The number of hydrogen-bond acceptors (Lipinski definition) is 1. The van der Waals surface area contributed by atoms with Gasteiger partial charge in [0.05, 0.1) is 0 Å². The summed E-state index contributed by atoms with van der Waals surface area (Å²) < 4.78 is 0. The number of carbonyl (C=O) groups is 1. The van der Waals surface area contributed by atoms with E-state index in [0.29, 0.717) is 12.0 Å². The van der Waals surface area contributed by atoms with Gasteiger partial charge >= 0.3 is 0 Å². The number of amides is 1. The Kier molecular flexibility index (Phi) is 3.64. The molecule has 20 heavy (non-hydrogen) atoms. The van der Waals surface area contributed by atoms with Gasteiger partial charge in [-0.05, 0) is 51.2 Å². The number of fused-ring (bicyclic) bond motifs is 1. The maximum Gasteiger partial charge on any atom is 0.258 e. The fourth-order valence-corrected chi connectivity index (χ4v) is 3.75. The second-order valence-corrected chi connectivity index (χ2v) is 6.32. The average Bonchev–Trinajstić information content (AvgIpc) is 2.45. The highest BCUT2D eigenvalue weighted by Crippen LogP contribution is 2.35. The van der Waals surface area contributed by atoms with E-state index in [1.807, 2.05) is 23.2 Å². The molecular formula is C18H23NO. The maximum atomic E-state index is 12.8. The minimum Gasteiger partial charge on any atom is -0.312 e. The smallest absolute Gasteiger partial charge is 0.258 e. The van der Waals surface area contributed by atoms with Crippen LogP contribution in [0.25, 0.3) is 0 Å². The van der Waals surface area contributed by atoms with E-state index >= 15 is 0 Å². The molecule has 1 fully saturated rings. The van der Waals surface area contributed by atoms with E-state index in [-0.39, 0.29) is 5.91 Å². The first kappa shape index (κ1) is 13.4.